The molecule has 112 valence electrons. The number of anilines is 1. The van der Waals surface area contributed by atoms with Crippen LogP contribution in [0, 0.1) is 17.0 Å². The maximum absolute atomic E-state index is 11.1. The van der Waals surface area contributed by atoms with Crippen molar-refractivity contribution in [2.75, 3.05) is 23.9 Å². The molecule has 0 spiro atoms. The minimum atomic E-state index is -0.360. The van der Waals surface area contributed by atoms with Crippen LogP contribution in [0.2, 0.25) is 0 Å². The first-order valence-corrected chi connectivity index (χ1v) is 8.29. The number of hydrogen-bond donors (Lipinski definition) is 1. The van der Waals surface area contributed by atoms with Crippen LogP contribution in [0.25, 0.3) is 10.8 Å². The van der Waals surface area contributed by atoms with Crippen molar-refractivity contribution in [3.05, 3.63) is 40.2 Å². The van der Waals surface area contributed by atoms with E-state index in [9.17, 15) is 10.1 Å². The number of nitrogens with one attached hydrogen (secondary N) is 1. The lowest BCUT2D eigenvalue weighted by atomic mass is 10.1. The van der Waals surface area contributed by atoms with Crippen LogP contribution >= 0.6 is 11.8 Å². The number of aryl methyl sites for hydroxylation is 1. The molecule has 0 saturated carbocycles. The van der Waals surface area contributed by atoms with E-state index in [1.165, 1.54) is 6.42 Å². The Kier molecular flexibility index (Phi) is 5.38. The molecule has 0 saturated heterocycles. The minimum Gasteiger partial charge on any atom is -0.385 e. The fraction of sp³-hybridized carbons (Fsp3) is 0.400. The number of non-ortho nitro benzene ring substituents is 1. The zero-order valence-electron chi connectivity index (χ0n) is 12.3. The van der Waals surface area contributed by atoms with Crippen molar-refractivity contribution >= 4 is 33.9 Å². The molecule has 0 unspecified atom stereocenters. The Labute approximate surface area is 128 Å². The van der Waals surface area contributed by atoms with Gasteiger partial charge in [0.2, 0.25) is 0 Å². The van der Waals surface area contributed by atoms with Crippen molar-refractivity contribution in [2.45, 2.75) is 19.8 Å². The molecule has 2 aromatic rings. The lowest BCUT2D eigenvalue weighted by Gasteiger charge is -2.10. The lowest BCUT2D eigenvalue weighted by molar-refractivity contribution is -0.383. The van der Waals surface area contributed by atoms with Crippen LogP contribution in [-0.2, 0) is 0 Å². The summed E-state index contributed by atoms with van der Waals surface area (Å²) in [5, 5.41) is 15.9. The van der Waals surface area contributed by atoms with E-state index in [-0.39, 0.29) is 10.6 Å². The van der Waals surface area contributed by atoms with E-state index >= 15 is 0 Å². The van der Waals surface area contributed by atoms with Gasteiger partial charge in [0.05, 0.1) is 10.3 Å². The first kappa shape index (κ1) is 15.6. The van der Waals surface area contributed by atoms with Crippen LogP contribution in [0.1, 0.15) is 18.5 Å². The molecule has 0 atom stereocenters. The molecule has 6 heteroatoms. The van der Waals surface area contributed by atoms with Crippen molar-refractivity contribution in [2.24, 2.45) is 0 Å². The SMILES string of the molecule is CSCCCCNc1ccc([N+](=O)[O-])c2cnc(C)cc12. The first-order valence-electron chi connectivity index (χ1n) is 6.90. The summed E-state index contributed by atoms with van der Waals surface area (Å²) in [6.45, 7) is 2.76. The molecule has 0 amide bonds. The highest BCUT2D eigenvalue weighted by atomic mass is 32.2. The number of unbranched alkanes of at least 4 members (excludes halogenated alkanes) is 1. The maximum atomic E-state index is 11.1. The molecule has 0 radical (unpaired) electrons. The Hall–Kier alpha value is -1.82. The zero-order chi connectivity index (χ0) is 15.2. The Balaban J connectivity index is 2.25. The Morgan fingerprint density at radius 3 is 2.86 bits per heavy atom. The Morgan fingerprint density at radius 1 is 1.33 bits per heavy atom. The number of nitro groups is 1. The maximum Gasteiger partial charge on any atom is 0.278 e. The Morgan fingerprint density at radius 2 is 2.14 bits per heavy atom. The molecule has 0 aliphatic carbocycles. The summed E-state index contributed by atoms with van der Waals surface area (Å²) in [6, 6.07) is 5.23. The van der Waals surface area contributed by atoms with E-state index < -0.39 is 0 Å². The predicted octanol–water partition coefficient (Wildman–Crippen LogP) is 4.01. The summed E-state index contributed by atoms with van der Waals surface area (Å²) in [4.78, 5) is 14.9. The van der Waals surface area contributed by atoms with Crippen LogP contribution in [-0.4, -0.2) is 28.5 Å². The van der Waals surface area contributed by atoms with Gasteiger partial charge in [-0.3, -0.25) is 15.1 Å². The molecule has 0 fully saturated rings. The smallest absolute Gasteiger partial charge is 0.278 e. The largest absolute Gasteiger partial charge is 0.385 e. The van der Waals surface area contributed by atoms with Gasteiger partial charge in [-0.15, -0.1) is 0 Å². The quantitative estimate of drug-likeness (QED) is 0.475. The van der Waals surface area contributed by atoms with Gasteiger partial charge >= 0.3 is 0 Å². The van der Waals surface area contributed by atoms with Gasteiger partial charge in [0.15, 0.2) is 0 Å². The predicted molar refractivity (Wildman–Crippen MR) is 89.2 cm³/mol. The summed E-state index contributed by atoms with van der Waals surface area (Å²) >= 11 is 1.85. The van der Waals surface area contributed by atoms with Crippen LogP contribution in [0.4, 0.5) is 11.4 Å². The highest BCUT2D eigenvalue weighted by Crippen LogP contribution is 2.31. The Bertz CT molecular complexity index is 646. The standard InChI is InChI=1S/C15H19N3O2S/c1-11-9-12-13(10-17-11)15(18(19)20)6-5-14(12)16-7-3-4-8-21-2/h5-6,9-10,16H,3-4,7-8H2,1-2H3. The van der Waals surface area contributed by atoms with Gasteiger partial charge in [-0.2, -0.15) is 11.8 Å². The van der Waals surface area contributed by atoms with Crippen molar-refractivity contribution in [1.82, 2.24) is 4.98 Å². The van der Waals surface area contributed by atoms with Crippen molar-refractivity contribution in [3.8, 4) is 0 Å². The van der Waals surface area contributed by atoms with E-state index in [1.54, 1.807) is 18.3 Å². The lowest BCUT2D eigenvalue weighted by Crippen LogP contribution is -2.03. The van der Waals surface area contributed by atoms with Gasteiger partial charge in [-0.1, -0.05) is 0 Å². The number of aromatic nitrogens is 1. The number of pyridine rings is 1. The van der Waals surface area contributed by atoms with E-state index in [0.717, 1.165) is 35.5 Å². The fourth-order valence-electron chi connectivity index (χ4n) is 2.24. The second kappa shape index (κ2) is 7.26. The van der Waals surface area contributed by atoms with E-state index in [1.807, 2.05) is 24.8 Å². The third-order valence-corrected chi connectivity index (χ3v) is 4.00. The number of nitro benzene ring substituents is 1. The number of thioether (sulfide) groups is 1. The highest BCUT2D eigenvalue weighted by Gasteiger charge is 2.14. The van der Waals surface area contributed by atoms with E-state index in [2.05, 4.69) is 16.6 Å². The zero-order valence-corrected chi connectivity index (χ0v) is 13.1. The summed E-state index contributed by atoms with van der Waals surface area (Å²) in [6.07, 6.45) is 5.94. The molecule has 1 heterocycles. The first-order chi connectivity index (χ1) is 10.1. The summed E-state index contributed by atoms with van der Waals surface area (Å²) in [5.41, 5.74) is 1.89. The van der Waals surface area contributed by atoms with Gasteiger partial charge in [0.25, 0.3) is 5.69 Å². The fourth-order valence-corrected chi connectivity index (χ4v) is 2.73. The van der Waals surface area contributed by atoms with Crippen molar-refractivity contribution < 1.29 is 4.92 Å². The van der Waals surface area contributed by atoms with Crippen LogP contribution < -0.4 is 5.32 Å². The molecule has 5 nitrogen and oxygen atoms in total. The molecular weight excluding hydrogens is 286 g/mol. The summed E-state index contributed by atoms with van der Waals surface area (Å²) in [5.74, 6) is 1.16. The van der Waals surface area contributed by atoms with Gasteiger partial charge in [-0.05, 0) is 43.9 Å². The van der Waals surface area contributed by atoms with Crippen LogP contribution in [0.15, 0.2) is 24.4 Å². The van der Waals surface area contributed by atoms with Gasteiger partial charge in [0, 0.05) is 35.6 Å². The molecule has 2 rings (SSSR count). The second-order valence-corrected chi connectivity index (χ2v) is 5.87. The number of fused-ring (bicyclic) bond motifs is 1. The minimum absolute atomic E-state index is 0.102. The summed E-state index contributed by atoms with van der Waals surface area (Å²) < 4.78 is 0. The van der Waals surface area contributed by atoms with Gasteiger partial charge < -0.3 is 5.32 Å². The molecule has 21 heavy (non-hydrogen) atoms. The second-order valence-electron chi connectivity index (χ2n) is 4.89. The van der Waals surface area contributed by atoms with E-state index in [4.69, 9.17) is 0 Å². The molecule has 1 aromatic heterocycles. The van der Waals surface area contributed by atoms with Crippen LogP contribution in [0.5, 0.6) is 0 Å². The number of nitrogens with zero attached hydrogens (tertiary/aromatic N) is 2. The molecule has 1 aromatic carbocycles. The topological polar surface area (TPSA) is 68.1 Å². The van der Waals surface area contributed by atoms with Gasteiger partial charge in [-0.25, -0.2) is 0 Å². The molecule has 1 N–H and O–H groups in total. The average Bonchev–Trinajstić information content (AvgIpc) is 2.46. The highest BCUT2D eigenvalue weighted by molar-refractivity contribution is 7.98. The summed E-state index contributed by atoms with van der Waals surface area (Å²) in [7, 11) is 0. The molecular formula is C15H19N3O2S. The normalized spacial score (nSPS) is 10.8. The number of rotatable bonds is 7. The van der Waals surface area contributed by atoms with Crippen molar-refractivity contribution in [3.63, 3.8) is 0 Å². The van der Waals surface area contributed by atoms with Gasteiger partial charge in [0.1, 0.15) is 0 Å². The number of hydrogen-bond acceptors (Lipinski definition) is 5. The number of benzene rings is 1. The molecule has 0 aliphatic rings. The third-order valence-electron chi connectivity index (χ3n) is 3.30. The third kappa shape index (κ3) is 3.85. The average molecular weight is 305 g/mol. The molecule has 0 aliphatic heterocycles. The van der Waals surface area contributed by atoms with Crippen molar-refractivity contribution in [1.29, 1.82) is 0 Å². The van der Waals surface area contributed by atoms with Crippen LogP contribution in [0.3, 0.4) is 0 Å². The monoisotopic (exact) mass is 305 g/mol. The van der Waals surface area contributed by atoms with E-state index in [0.29, 0.717) is 5.39 Å². The molecule has 0 bridgehead atoms.